The summed E-state index contributed by atoms with van der Waals surface area (Å²) in [6, 6.07) is 3.71. The highest BCUT2D eigenvalue weighted by Crippen LogP contribution is 2.31. The number of ketones is 2. The largest absolute Gasteiger partial charge is 0.496 e. The first kappa shape index (κ1) is 64.6. The topological polar surface area (TPSA) is 294 Å². The summed E-state index contributed by atoms with van der Waals surface area (Å²) < 4.78 is 121. The lowest BCUT2D eigenvalue weighted by molar-refractivity contribution is 0.102. The predicted molar refractivity (Wildman–Crippen MR) is 303 cm³/mol. The van der Waals surface area contributed by atoms with Crippen LogP contribution >= 0.6 is 11.6 Å². The Morgan fingerprint density at radius 2 is 1.02 bits per heavy atom. The molecule has 81 heavy (non-hydrogen) atoms. The minimum atomic E-state index is -3.36. The van der Waals surface area contributed by atoms with E-state index in [-0.39, 0.29) is 87.7 Å². The Kier molecular flexibility index (Phi) is 24.4. The molecular weight excluding hydrogens is 1120 g/mol. The molecule has 2 aromatic heterocycles. The molecule has 4 fully saturated rings. The van der Waals surface area contributed by atoms with Crippen LogP contribution in [-0.2, 0) is 20.0 Å². The Labute approximate surface area is 476 Å². The van der Waals surface area contributed by atoms with Crippen LogP contribution in [0.3, 0.4) is 0 Å². The molecule has 2 aliphatic heterocycles. The summed E-state index contributed by atoms with van der Waals surface area (Å²) >= 11 is 5.57. The third-order valence-corrected chi connectivity index (χ3v) is 17.6. The first-order valence-electron chi connectivity index (χ1n) is 26.9. The zero-order valence-electron chi connectivity index (χ0n) is 46.1. The zero-order chi connectivity index (χ0) is 58.9. The van der Waals surface area contributed by atoms with Gasteiger partial charge in [0.05, 0.1) is 36.9 Å². The number of likely N-dealkylation sites (N-methyl/N-ethyl adjacent to an activating group) is 2. The van der Waals surface area contributed by atoms with Gasteiger partial charge in [0.1, 0.15) is 34.3 Å². The van der Waals surface area contributed by atoms with Crippen LogP contribution in [0.5, 0.6) is 11.5 Å². The molecule has 4 heterocycles. The molecule has 4 aliphatic rings. The molecule has 0 atom stereocenters. The van der Waals surface area contributed by atoms with Crippen molar-refractivity contribution in [2.75, 3.05) is 127 Å². The van der Waals surface area contributed by atoms with Gasteiger partial charge in [-0.3, -0.25) is 9.59 Å². The number of carbonyl (C=O) groups is 2. The van der Waals surface area contributed by atoms with Crippen molar-refractivity contribution in [3.8, 4) is 11.5 Å². The van der Waals surface area contributed by atoms with Gasteiger partial charge < -0.3 is 51.6 Å². The number of carbonyl (C=O) groups excluding carboxylic acids is 2. The third kappa shape index (κ3) is 19.2. The molecule has 4 aromatic rings. The molecular formula is C52H75ClF4N14O8S2. The normalized spacial score (nSPS) is 20.2. The fourth-order valence-corrected chi connectivity index (χ4v) is 12.7. The van der Waals surface area contributed by atoms with Crippen molar-refractivity contribution in [3.63, 3.8) is 0 Å². The number of methoxy groups -OCH3 is 2. The first-order valence-corrected chi connectivity index (χ1v) is 30.7. The lowest BCUT2D eigenvalue weighted by atomic mass is 9.92. The predicted octanol–water partition coefficient (Wildman–Crippen LogP) is 4.23. The van der Waals surface area contributed by atoms with E-state index in [0.717, 1.165) is 76.3 Å². The van der Waals surface area contributed by atoms with Crippen molar-refractivity contribution in [1.29, 1.82) is 0 Å². The van der Waals surface area contributed by atoms with Crippen LogP contribution in [0.25, 0.3) is 0 Å². The van der Waals surface area contributed by atoms with E-state index in [1.54, 1.807) is 0 Å². The van der Waals surface area contributed by atoms with Gasteiger partial charge in [0.25, 0.3) is 0 Å². The first-order chi connectivity index (χ1) is 38.6. The maximum absolute atomic E-state index is 14.4. The van der Waals surface area contributed by atoms with E-state index in [1.165, 1.54) is 33.5 Å². The van der Waals surface area contributed by atoms with Crippen LogP contribution < -0.4 is 46.3 Å². The number of alkyl halides is 1. The lowest BCUT2D eigenvalue weighted by Crippen LogP contribution is -2.45. The Hall–Kier alpha value is -5.59. The van der Waals surface area contributed by atoms with E-state index in [0.29, 0.717) is 64.2 Å². The van der Waals surface area contributed by atoms with Crippen molar-refractivity contribution in [1.82, 2.24) is 49.4 Å². The molecule has 0 radical (unpaired) electrons. The molecule has 0 spiro atoms. The van der Waals surface area contributed by atoms with Crippen LogP contribution in [0.15, 0.2) is 36.7 Å². The minimum absolute atomic E-state index is 0.00173. The standard InChI is InChI=1S/C26H37F2N7O4S.C21H26ClF2N5O4S.C5H12N2/c1-34-11-13-35(14-12-34)10-3-15-40(37,38)33-18-6-4-17(5-7-18)31-26-30-16-19(25(29)32-26)24(36)22-21(39-2)9-8-20(27)23(22)28;1-33-16-8-7-15(23)18(24)17(16)19(30)14-11-26-21(28-20(14)25)27-12-3-5-13(6-4-12)29-34(31,32)10-2-9-22;1-7-4-2-6-3-5-7/h8-9,16-18,33H,3-7,10-15H2,1-2H3,(H3,29,30,31,32);7-8,11-13,29H,2-6,9-10H2,1H3,(H3,25,26,27,28);6H,2-5H2,1H3. The molecule has 29 heteroatoms. The van der Waals surface area contributed by atoms with E-state index >= 15 is 0 Å². The summed E-state index contributed by atoms with van der Waals surface area (Å²) in [5.41, 5.74) is 10.3. The zero-order valence-corrected chi connectivity index (χ0v) is 48.5. The van der Waals surface area contributed by atoms with Gasteiger partial charge in [0.2, 0.25) is 43.5 Å². The Morgan fingerprint density at radius 3 is 1.40 bits per heavy atom. The van der Waals surface area contributed by atoms with Crippen LogP contribution in [0, 0.1) is 23.3 Å². The number of nitrogens with zero attached hydrogens (tertiary/aromatic N) is 7. The van der Waals surface area contributed by atoms with Crippen LogP contribution in [0.4, 0.5) is 41.1 Å². The summed E-state index contributed by atoms with van der Waals surface area (Å²) in [4.78, 5) is 49.1. The second kappa shape index (κ2) is 30.6. The van der Waals surface area contributed by atoms with E-state index in [1.807, 2.05) is 0 Å². The van der Waals surface area contributed by atoms with Crippen LogP contribution in [0.2, 0.25) is 0 Å². The highest BCUT2D eigenvalue weighted by atomic mass is 35.5. The van der Waals surface area contributed by atoms with Gasteiger partial charge in [-0.25, -0.2) is 53.8 Å². The number of nitrogens with two attached hydrogens (primary N) is 2. The molecule has 2 saturated heterocycles. The van der Waals surface area contributed by atoms with Gasteiger partial charge in [0.15, 0.2) is 23.3 Å². The number of nitrogens with one attached hydrogen (secondary N) is 5. The highest BCUT2D eigenvalue weighted by molar-refractivity contribution is 7.89. The molecule has 2 aliphatic carbocycles. The molecule has 0 amide bonds. The molecule has 2 aromatic carbocycles. The molecule has 9 N–H and O–H groups in total. The van der Waals surface area contributed by atoms with Crippen molar-refractivity contribution >= 4 is 66.7 Å². The number of nitrogen functional groups attached to an aromatic ring is 2. The second-order valence-electron chi connectivity index (χ2n) is 20.4. The third-order valence-electron chi connectivity index (χ3n) is 14.3. The van der Waals surface area contributed by atoms with Gasteiger partial charge in [-0.05, 0) is 109 Å². The summed E-state index contributed by atoms with van der Waals surface area (Å²) in [5.74, 6) is -6.77. The van der Waals surface area contributed by atoms with Crippen molar-refractivity contribution < 1.29 is 53.5 Å². The summed E-state index contributed by atoms with van der Waals surface area (Å²) in [5, 5.41) is 9.56. The molecule has 0 bridgehead atoms. The molecule has 448 valence electrons. The number of benzene rings is 2. The van der Waals surface area contributed by atoms with Gasteiger partial charge in [-0.2, -0.15) is 9.97 Å². The summed E-state index contributed by atoms with van der Waals surface area (Å²) in [7, 11) is -0.00129. The average Bonchev–Trinajstić information content (AvgIpc) is 3.48. The molecule has 22 nitrogen and oxygen atoms in total. The highest BCUT2D eigenvalue weighted by Gasteiger charge is 2.30. The van der Waals surface area contributed by atoms with E-state index in [4.69, 9.17) is 32.5 Å². The maximum Gasteiger partial charge on any atom is 0.224 e. The monoisotopic (exact) mass is 1200 g/mol. The number of aromatic nitrogens is 4. The van der Waals surface area contributed by atoms with Gasteiger partial charge in [0, 0.05) is 94.8 Å². The fourth-order valence-electron chi connectivity index (χ4n) is 9.65. The smallest absolute Gasteiger partial charge is 0.224 e. The Balaban J connectivity index is 0.000000235. The number of anilines is 4. The quantitative estimate of drug-likeness (QED) is 0.0349. The van der Waals surface area contributed by atoms with E-state index in [2.05, 4.69) is 74.1 Å². The van der Waals surface area contributed by atoms with E-state index in [9.17, 15) is 44.0 Å². The van der Waals surface area contributed by atoms with Crippen LogP contribution in [-0.4, -0.2) is 192 Å². The number of ether oxygens (including phenoxy) is 2. The number of rotatable bonds is 21. The van der Waals surface area contributed by atoms with Gasteiger partial charge in [-0.15, -0.1) is 11.6 Å². The summed E-state index contributed by atoms with van der Waals surface area (Å²) in [6.45, 7) is 9.47. The molecule has 2 saturated carbocycles. The minimum Gasteiger partial charge on any atom is -0.496 e. The van der Waals surface area contributed by atoms with Gasteiger partial charge in [-0.1, -0.05) is 0 Å². The lowest BCUT2D eigenvalue weighted by Gasteiger charge is -2.32. The average molecular weight is 1200 g/mol. The van der Waals surface area contributed by atoms with E-state index < -0.39 is 66.0 Å². The SMILES string of the molecule is CN1CCNCC1.COc1ccc(F)c(F)c1C(=O)c1cnc(NC2CCC(NS(=O)(=O)CCCCl)CC2)nc1N.COc1ccc(F)c(F)c1C(=O)c1cnc(NC2CCC(NS(=O)(=O)CCCN3CCN(C)CC3)CC2)nc1N. The van der Waals surface area contributed by atoms with Gasteiger partial charge >= 0.3 is 0 Å². The fraction of sp³-hybridized carbons (Fsp3) is 0.577. The Morgan fingerprint density at radius 1 is 0.630 bits per heavy atom. The number of hydrogen-bond acceptors (Lipinski definition) is 20. The number of sulfonamides is 2. The molecule has 8 rings (SSSR count). The second-order valence-corrected chi connectivity index (χ2v) is 24.5. The number of hydrogen-bond donors (Lipinski definition) is 7. The maximum atomic E-state index is 14.4. The number of piperazine rings is 2. The van der Waals surface area contributed by atoms with Crippen LogP contribution in [0.1, 0.15) is 96.1 Å². The Bertz CT molecular complexity index is 2970. The van der Waals surface area contributed by atoms with Crippen molar-refractivity contribution in [3.05, 3.63) is 82.2 Å². The molecule has 0 unspecified atom stereocenters. The van der Waals surface area contributed by atoms with Crippen molar-refractivity contribution in [2.24, 2.45) is 0 Å². The number of halogens is 5. The van der Waals surface area contributed by atoms with Crippen molar-refractivity contribution in [2.45, 2.75) is 88.4 Å². The summed E-state index contributed by atoms with van der Waals surface area (Å²) in [6.07, 6.45) is 8.57.